The van der Waals surface area contributed by atoms with E-state index in [0.29, 0.717) is 0 Å². The minimum Gasteiger partial charge on any atom is -0.372 e. The summed E-state index contributed by atoms with van der Waals surface area (Å²) in [4.78, 5) is 6.65. The van der Waals surface area contributed by atoms with Crippen LogP contribution in [0.2, 0.25) is 0 Å². The lowest BCUT2D eigenvalue weighted by atomic mass is 10.1. The van der Waals surface area contributed by atoms with Gasteiger partial charge in [0.1, 0.15) is 5.69 Å². The molecule has 0 atom stereocenters. The lowest BCUT2D eigenvalue weighted by Crippen LogP contribution is -2.16. The second kappa shape index (κ2) is 4.88. The molecule has 0 saturated heterocycles. The van der Waals surface area contributed by atoms with Crippen molar-refractivity contribution in [2.45, 2.75) is 26.4 Å². The SMILES string of the molecule is C=CN1CCCn2nc(-c3ccccn3)c(C)c2C1. The molecular weight excluding hydrogens is 236 g/mol. The van der Waals surface area contributed by atoms with Crippen molar-refractivity contribution in [2.24, 2.45) is 0 Å². The molecule has 0 aliphatic carbocycles. The Kier molecular flexibility index (Phi) is 3.07. The van der Waals surface area contributed by atoms with Crippen LogP contribution in [-0.2, 0) is 13.1 Å². The standard InChI is InChI=1S/C15H18N4/c1-3-18-9-6-10-19-14(11-18)12(2)15(17-19)13-7-4-5-8-16-13/h3-5,7-8H,1,6,9-11H2,2H3. The van der Waals surface area contributed by atoms with Gasteiger partial charge in [0.25, 0.3) is 0 Å². The average Bonchev–Trinajstić information content (AvgIpc) is 2.65. The summed E-state index contributed by atoms with van der Waals surface area (Å²) in [5.74, 6) is 0. The second-order valence-electron chi connectivity index (χ2n) is 4.87. The molecule has 4 nitrogen and oxygen atoms in total. The zero-order valence-corrected chi connectivity index (χ0v) is 11.2. The van der Waals surface area contributed by atoms with E-state index in [4.69, 9.17) is 5.10 Å². The zero-order valence-electron chi connectivity index (χ0n) is 11.2. The number of hydrogen-bond donors (Lipinski definition) is 0. The van der Waals surface area contributed by atoms with E-state index in [1.54, 1.807) is 0 Å². The van der Waals surface area contributed by atoms with Gasteiger partial charge in [-0.05, 0) is 31.7 Å². The van der Waals surface area contributed by atoms with E-state index in [9.17, 15) is 0 Å². The van der Waals surface area contributed by atoms with Gasteiger partial charge in [-0.3, -0.25) is 9.67 Å². The Labute approximate surface area is 113 Å². The third-order valence-corrected chi connectivity index (χ3v) is 3.65. The largest absolute Gasteiger partial charge is 0.372 e. The minimum absolute atomic E-state index is 0.884. The Balaban J connectivity index is 2.04. The Morgan fingerprint density at radius 3 is 2.95 bits per heavy atom. The summed E-state index contributed by atoms with van der Waals surface area (Å²) < 4.78 is 2.13. The Morgan fingerprint density at radius 1 is 1.32 bits per heavy atom. The van der Waals surface area contributed by atoms with Crippen molar-refractivity contribution >= 4 is 0 Å². The van der Waals surface area contributed by atoms with E-state index in [1.807, 2.05) is 30.6 Å². The summed E-state index contributed by atoms with van der Waals surface area (Å²) in [5.41, 5.74) is 4.46. The lowest BCUT2D eigenvalue weighted by molar-refractivity contribution is 0.374. The third kappa shape index (κ3) is 2.14. The molecule has 0 aromatic carbocycles. The van der Waals surface area contributed by atoms with Crippen LogP contribution in [0.3, 0.4) is 0 Å². The molecule has 0 amide bonds. The van der Waals surface area contributed by atoms with Crippen LogP contribution in [-0.4, -0.2) is 26.2 Å². The topological polar surface area (TPSA) is 34.0 Å². The predicted molar refractivity (Wildman–Crippen MR) is 75.4 cm³/mol. The molecule has 0 N–H and O–H groups in total. The molecule has 3 rings (SSSR count). The number of hydrogen-bond acceptors (Lipinski definition) is 3. The van der Waals surface area contributed by atoms with Crippen molar-refractivity contribution in [1.82, 2.24) is 19.7 Å². The van der Waals surface area contributed by atoms with Crippen molar-refractivity contribution < 1.29 is 0 Å². The van der Waals surface area contributed by atoms with Gasteiger partial charge in [-0.25, -0.2) is 0 Å². The first-order valence-corrected chi connectivity index (χ1v) is 6.64. The number of aryl methyl sites for hydroxylation is 1. The minimum atomic E-state index is 0.884. The molecule has 19 heavy (non-hydrogen) atoms. The maximum atomic E-state index is 4.74. The van der Waals surface area contributed by atoms with Crippen LogP contribution in [0, 0.1) is 6.92 Å². The predicted octanol–water partition coefficient (Wildman–Crippen LogP) is 2.60. The average molecular weight is 254 g/mol. The van der Waals surface area contributed by atoms with E-state index in [-0.39, 0.29) is 0 Å². The normalized spacial score (nSPS) is 14.9. The van der Waals surface area contributed by atoms with Crippen LogP contribution in [0.4, 0.5) is 0 Å². The fourth-order valence-electron chi connectivity index (χ4n) is 2.57. The fourth-order valence-corrected chi connectivity index (χ4v) is 2.57. The van der Waals surface area contributed by atoms with E-state index >= 15 is 0 Å². The van der Waals surface area contributed by atoms with Gasteiger partial charge in [0.05, 0.1) is 17.9 Å². The van der Waals surface area contributed by atoms with Crippen molar-refractivity contribution in [3.8, 4) is 11.4 Å². The van der Waals surface area contributed by atoms with Gasteiger partial charge in [0, 0.05) is 24.8 Å². The van der Waals surface area contributed by atoms with Gasteiger partial charge in [-0.2, -0.15) is 5.10 Å². The van der Waals surface area contributed by atoms with Gasteiger partial charge in [0.15, 0.2) is 0 Å². The molecule has 0 unspecified atom stereocenters. The van der Waals surface area contributed by atoms with Crippen LogP contribution in [0.15, 0.2) is 37.2 Å². The quantitative estimate of drug-likeness (QED) is 0.826. The molecule has 4 heteroatoms. The van der Waals surface area contributed by atoms with Crippen molar-refractivity contribution in [3.05, 3.63) is 48.4 Å². The number of pyridine rings is 1. The maximum absolute atomic E-state index is 4.74. The highest BCUT2D eigenvalue weighted by atomic mass is 15.3. The number of nitrogens with zero attached hydrogens (tertiary/aromatic N) is 4. The highest BCUT2D eigenvalue weighted by molar-refractivity contribution is 5.59. The van der Waals surface area contributed by atoms with Crippen LogP contribution < -0.4 is 0 Å². The van der Waals surface area contributed by atoms with Crippen LogP contribution in [0.5, 0.6) is 0 Å². The van der Waals surface area contributed by atoms with Crippen LogP contribution in [0.25, 0.3) is 11.4 Å². The molecule has 98 valence electrons. The lowest BCUT2D eigenvalue weighted by Gasteiger charge is -2.16. The van der Waals surface area contributed by atoms with Gasteiger partial charge >= 0.3 is 0 Å². The number of aromatic nitrogens is 3. The smallest absolute Gasteiger partial charge is 0.114 e. The zero-order chi connectivity index (χ0) is 13.2. The molecule has 0 fully saturated rings. The summed E-state index contributed by atoms with van der Waals surface area (Å²) in [6, 6.07) is 5.95. The second-order valence-corrected chi connectivity index (χ2v) is 4.87. The Morgan fingerprint density at radius 2 is 2.21 bits per heavy atom. The summed E-state index contributed by atoms with van der Waals surface area (Å²) in [6.07, 6.45) is 4.83. The molecule has 2 aromatic rings. The molecule has 1 aliphatic heterocycles. The van der Waals surface area contributed by atoms with Gasteiger partial charge in [0.2, 0.25) is 0 Å². The third-order valence-electron chi connectivity index (χ3n) is 3.65. The van der Waals surface area contributed by atoms with Crippen LogP contribution >= 0.6 is 0 Å². The summed E-state index contributed by atoms with van der Waals surface area (Å²) >= 11 is 0. The van der Waals surface area contributed by atoms with Crippen molar-refractivity contribution in [3.63, 3.8) is 0 Å². The monoisotopic (exact) mass is 254 g/mol. The van der Waals surface area contributed by atoms with Gasteiger partial charge < -0.3 is 4.90 Å². The molecule has 0 spiro atoms. The molecule has 1 aliphatic rings. The van der Waals surface area contributed by atoms with Crippen molar-refractivity contribution in [1.29, 1.82) is 0 Å². The molecule has 0 saturated carbocycles. The van der Waals surface area contributed by atoms with Gasteiger partial charge in [-0.15, -0.1) is 0 Å². The van der Waals surface area contributed by atoms with Crippen molar-refractivity contribution in [2.75, 3.05) is 6.54 Å². The highest BCUT2D eigenvalue weighted by Gasteiger charge is 2.19. The fraction of sp³-hybridized carbons (Fsp3) is 0.333. The molecule has 2 aromatic heterocycles. The molecule has 3 heterocycles. The first-order chi connectivity index (χ1) is 9.29. The van der Waals surface area contributed by atoms with Crippen LogP contribution in [0.1, 0.15) is 17.7 Å². The highest BCUT2D eigenvalue weighted by Crippen LogP contribution is 2.25. The Bertz CT molecular complexity index is 586. The summed E-state index contributed by atoms with van der Waals surface area (Å²) in [7, 11) is 0. The van der Waals surface area contributed by atoms with E-state index in [0.717, 1.165) is 37.4 Å². The van der Waals surface area contributed by atoms with E-state index < -0.39 is 0 Å². The molecule has 0 radical (unpaired) electrons. The first-order valence-electron chi connectivity index (χ1n) is 6.64. The number of rotatable bonds is 2. The number of fused-ring (bicyclic) bond motifs is 1. The molecular formula is C15H18N4. The maximum Gasteiger partial charge on any atom is 0.114 e. The van der Waals surface area contributed by atoms with E-state index in [1.165, 1.54) is 11.3 Å². The molecule has 0 bridgehead atoms. The Hall–Kier alpha value is -2.10. The first kappa shape index (κ1) is 12.0. The summed E-state index contributed by atoms with van der Waals surface area (Å²) in [6.45, 7) is 8.91. The van der Waals surface area contributed by atoms with E-state index in [2.05, 4.69) is 28.1 Å². The summed E-state index contributed by atoms with van der Waals surface area (Å²) in [5, 5.41) is 4.74. The van der Waals surface area contributed by atoms with Gasteiger partial charge in [-0.1, -0.05) is 12.6 Å².